The number of pyridine rings is 1. The molecule has 0 aliphatic heterocycles. The van der Waals surface area contributed by atoms with Crippen molar-refractivity contribution < 1.29 is 0 Å². The van der Waals surface area contributed by atoms with E-state index in [4.69, 9.17) is 0 Å². The van der Waals surface area contributed by atoms with Gasteiger partial charge in [0.05, 0.1) is 0 Å². The molecule has 0 saturated heterocycles. The minimum absolute atomic E-state index is 1.03. The van der Waals surface area contributed by atoms with Crippen molar-refractivity contribution in [3.8, 4) is 0 Å². The van der Waals surface area contributed by atoms with Crippen LogP contribution in [0.3, 0.4) is 0 Å². The van der Waals surface area contributed by atoms with Gasteiger partial charge in [-0.2, -0.15) is 0 Å². The Hall–Kier alpha value is -0.850. The molecule has 0 atom stereocenters. The summed E-state index contributed by atoms with van der Waals surface area (Å²) >= 11 is 0. The summed E-state index contributed by atoms with van der Waals surface area (Å²) < 4.78 is 0. The first kappa shape index (κ1) is 12.2. The molecule has 13 heavy (non-hydrogen) atoms. The number of rotatable bonds is 1. The maximum absolute atomic E-state index is 4.49. The number of nitrogens with zero attached hydrogens (tertiary/aromatic N) is 1. The van der Waals surface area contributed by atoms with Gasteiger partial charge in [0, 0.05) is 11.4 Å². The predicted molar refractivity (Wildman–Crippen MR) is 59.2 cm³/mol. The largest absolute Gasteiger partial charge is 0.258 e. The third kappa shape index (κ3) is 3.17. The normalized spacial score (nSPS) is 9.08. The Morgan fingerprint density at radius 3 is 2.08 bits per heavy atom. The van der Waals surface area contributed by atoms with Crippen molar-refractivity contribution in [2.75, 3.05) is 0 Å². The van der Waals surface area contributed by atoms with Crippen LogP contribution in [-0.2, 0) is 6.42 Å². The number of aryl methyl sites for hydroxylation is 4. The second-order valence-corrected chi connectivity index (χ2v) is 3.01. The lowest BCUT2D eigenvalue weighted by Crippen LogP contribution is -1.96. The van der Waals surface area contributed by atoms with E-state index < -0.39 is 0 Å². The molecule has 74 valence electrons. The van der Waals surface area contributed by atoms with Crippen LogP contribution in [0.2, 0.25) is 0 Å². The second kappa shape index (κ2) is 5.74. The Balaban J connectivity index is 0.000000671. The molecule has 1 heteroatoms. The van der Waals surface area contributed by atoms with Crippen LogP contribution in [0.1, 0.15) is 43.3 Å². The molecule has 1 rings (SSSR count). The van der Waals surface area contributed by atoms with E-state index in [1.165, 1.54) is 16.8 Å². The topological polar surface area (TPSA) is 12.9 Å². The number of aromatic nitrogens is 1. The zero-order valence-electron chi connectivity index (χ0n) is 9.73. The average molecular weight is 179 g/mol. The predicted octanol–water partition coefficient (Wildman–Crippen LogP) is 3.60. The molecule has 1 nitrogen and oxygen atoms in total. The van der Waals surface area contributed by atoms with Gasteiger partial charge in [0.2, 0.25) is 0 Å². The van der Waals surface area contributed by atoms with E-state index in [0.717, 1.165) is 12.1 Å². The van der Waals surface area contributed by atoms with Gasteiger partial charge in [-0.1, -0.05) is 26.8 Å². The van der Waals surface area contributed by atoms with Crippen LogP contribution < -0.4 is 0 Å². The molecular weight excluding hydrogens is 158 g/mol. The molecule has 0 aliphatic rings. The van der Waals surface area contributed by atoms with E-state index in [1.54, 1.807) is 0 Å². The monoisotopic (exact) mass is 179 g/mol. The average Bonchev–Trinajstić information content (AvgIpc) is 2.15. The van der Waals surface area contributed by atoms with E-state index in [0.29, 0.717) is 0 Å². The Bertz CT molecular complexity index is 264. The molecule has 1 aromatic rings. The second-order valence-electron chi connectivity index (χ2n) is 3.01. The SMILES string of the molecule is CC.CCc1nc(C)c(C)cc1C. The van der Waals surface area contributed by atoms with E-state index in [9.17, 15) is 0 Å². The zero-order valence-corrected chi connectivity index (χ0v) is 9.73. The molecule has 0 radical (unpaired) electrons. The van der Waals surface area contributed by atoms with Gasteiger partial charge in [-0.3, -0.25) is 4.98 Å². The lowest BCUT2D eigenvalue weighted by molar-refractivity contribution is 0.968. The minimum atomic E-state index is 1.03. The van der Waals surface area contributed by atoms with Gasteiger partial charge in [-0.15, -0.1) is 0 Å². The van der Waals surface area contributed by atoms with Crippen molar-refractivity contribution in [1.82, 2.24) is 4.98 Å². The van der Waals surface area contributed by atoms with Crippen molar-refractivity contribution in [3.05, 3.63) is 28.6 Å². The van der Waals surface area contributed by atoms with Gasteiger partial charge >= 0.3 is 0 Å². The first-order valence-corrected chi connectivity index (χ1v) is 5.09. The van der Waals surface area contributed by atoms with Crippen LogP contribution in [0.25, 0.3) is 0 Å². The molecular formula is C12H21N. The summed E-state index contributed by atoms with van der Waals surface area (Å²) in [5, 5.41) is 0. The maximum atomic E-state index is 4.49. The molecule has 0 fully saturated rings. The highest BCUT2D eigenvalue weighted by Gasteiger charge is 1.99. The van der Waals surface area contributed by atoms with Gasteiger partial charge in [0.1, 0.15) is 0 Å². The summed E-state index contributed by atoms with van der Waals surface area (Å²) in [6.07, 6.45) is 1.03. The summed E-state index contributed by atoms with van der Waals surface area (Å²) in [6, 6.07) is 2.21. The van der Waals surface area contributed by atoms with Gasteiger partial charge in [-0.25, -0.2) is 0 Å². The first-order valence-electron chi connectivity index (χ1n) is 5.09. The fraction of sp³-hybridized carbons (Fsp3) is 0.583. The van der Waals surface area contributed by atoms with E-state index in [-0.39, 0.29) is 0 Å². The molecule has 1 heterocycles. The molecule has 1 aromatic heterocycles. The first-order chi connectivity index (χ1) is 6.15. The van der Waals surface area contributed by atoms with E-state index in [1.807, 2.05) is 13.8 Å². The van der Waals surface area contributed by atoms with Crippen molar-refractivity contribution in [2.45, 2.75) is 48.0 Å². The summed E-state index contributed by atoms with van der Waals surface area (Å²) in [7, 11) is 0. The molecule has 0 aliphatic carbocycles. The maximum Gasteiger partial charge on any atom is 0.0433 e. The highest BCUT2D eigenvalue weighted by atomic mass is 14.7. The van der Waals surface area contributed by atoms with Crippen LogP contribution in [-0.4, -0.2) is 4.98 Å². The van der Waals surface area contributed by atoms with Crippen LogP contribution in [0.5, 0.6) is 0 Å². The van der Waals surface area contributed by atoms with Gasteiger partial charge in [0.15, 0.2) is 0 Å². The molecule has 0 bridgehead atoms. The Morgan fingerprint density at radius 2 is 1.62 bits per heavy atom. The standard InChI is InChI=1S/C10H15N.C2H6/c1-5-10-8(3)6-7(2)9(4)11-10;1-2/h6H,5H2,1-4H3;1-2H3. The van der Waals surface area contributed by atoms with Crippen LogP contribution in [0.15, 0.2) is 6.07 Å². The fourth-order valence-electron chi connectivity index (χ4n) is 1.25. The minimum Gasteiger partial charge on any atom is -0.258 e. The van der Waals surface area contributed by atoms with E-state index in [2.05, 4.69) is 38.7 Å². The fourth-order valence-corrected chi connectivity index (χ4v) is 1.25. The van der Waals surface area contributed by atoms with Crippen molar-refractivity contribution in [1.29, 1.82) is 0 Å². The lowest BCUT2D eigenvalue weighted by atomic mass is 10.1. The van der Waals surface area contributed by atoms with Gasteiger partial charge < -0.3 is 0 Å². The van der Waals surface area contributed by atoms with Crippen molar-refractivity contribution in [2.24, 2.45) is 0 Å². The van der Waals surface area contributed by atoms with E-state index >= 15 is 0 Å². The summed E-state index contributed by atoms with van der Waals surface area (Å²) in [4.78, 5) is 4.49. The van der Waals surface area contributed by atoms with Crippen molar-refractivity contribution >= 4 is 0 Å². The molecule has 0 unspecified atom stereocenters. The Labute approximate surface area is 82.2 Å². The highest BCUT2D eigenvalue weighted by molar-refractivity contribution is 5.27. The van der Waals surface area contributed by atoms with Gasteiger partial charge in [0.25, 0.3) is 0 Å². The summed E-state index contributed by atoms with van der Waals surface area (Å²) in [5.74, 6) is 0. The lowest BCUT2D eigenvalue weighted by Gasteiger charge is -2.05. The molecule has 0 spiro atoms. The zero-order chi connectivity index (χ0) is 10.4. The summed E-state index contributed by atoms with van der Waals surface area (Å²) in [6.45, 7) is 12.4. The molecule has 0 aromatic carbocycles. The third-order valence-corrected chi connectivity index (χ3v) is 2.10. The number of hydrogen-bond donors (Lipinski definition) is 0. The Morgan fingerprint density at radius 1 is 1.08 bits per heavy atom. The van der Waals surface area contributed by atoms with Gasteiger partial charge in [-0.05, 0) is 38.3 Å². The third-order valence-electron chi connectivity index (χ3n) is 2.10. The highest BCUT2D eigenvalue weighted by Crippen LogP contribution is 2.11. The molecule has 0 amide bonds. The van der Waals surface area contributed by atoms with Crippen molar-refractivity contribution in [3.63, 3.8) is 0 Å². The smallest absolute Gasteiger partial charge is 0.0433 e. The van der Waals surface area contributed by atoms with Crippen LogP contribution in [0.4, 0.5) is 0 Å². The quantitative estimate of drug-likeness (QED) is 0.642. The Kier molecular flexibility index (Phi) is 5.36. The number of hydrogen-bond acceptors (Lipinski definition) is 1. The van der Waals surface area contributed by atoms with Crippen LogP contribution in [0, 0.1) is 20.8 Å². The van der Waals surface area contributed by atoms with Crippen LogP contribution >= 0.6 is 0 Å². The molecule has 0 saturated carbocycles. The summed E-state index contributed by atoms with van der Waals surface area (Å²) in [5.41, 5.74) is 5.00. The molecule has 0 N–H and O–H groups in total.